The SMILES string of the molecule is O=C(C=C1CCCC1)Nc1ccc(CNC(=O)c2cccnc2)cc1. The molecule has 0 bridgehead atoms. The van der Waals surface area contributed by atoms with Gasteiger partial charge in [0.15, 0.2) is 0 Å². The zero-order valence-electron chi connectivity index (χ0n) is 14.0. The van der Waals surface area contributed by atoms with E-state index in [1.54, 1.807) is 24.4 Å². The van der Waals surface area contributed by atoms with Gasteiger partial charge in [0.2, 0.25) is 5.91 Å². The van der Waals surface area contributed by atoms with Crippen molar-refractivity contribution in [3.05, 3.63) is 71.6 Å². The van der Waals surface area contributed by atoms with E-state index in [1.807, 2.05) is 24.3 Å². The van der Waals surface area contributed by atoms with Crippen molar-refractivity contribution in [1.29, 1.82) is 0 Å². The van der Waals surface area contributed by atoms with Gasteiger partial charge in [0.1, 0.15) is 0 Å². The molecular formula is C20H21N3O2. The van der Waals surface area contributed by atoms with Gasteiger partial charge in [0, 0.05) is 30.7 Å². The van der Waals surface area contributed by atoms with E-state index in [0.29, 0.717) is 12.1 Å². The van der Waals surface area contributed by atoms with Crippen molar-refractivity contribution < 1.29 is 9.59 Å². The van der Waals surface area contributed by atoms with Crippen LogP contribution in [0.5, 0.6) is 0 Å². The predicted octanol–water partition coefficient (Wildman–Crippen LogP) is 3.45. The molecule has 1 aliphatic rings. The van der Waals surface area contributed by atoms with Gasteiger partial charge in [-0.05, 0) is 55.5 Å². The summed E-state index contributed by atoms with van der Waals surface area (Å²) in [5.41, 5.74) is 3.48. The van der Waals surface area contributed by atoms with Gasteiger partial charge in [-0.1, -0.05) is 17.7 Å². The Kier molecular flexibility index (Phi) is 5.57. The Balaban J connectivity index is 1.51. The van der Waals surface area contributed by atoms with Crippen LogP contribution < -0.4 is 10.6 Å². The van der Waals surface area contributed by atoms with Crippen molar-refractivity contribution in [2.24, 2.45) is 0 Å². The number of hydrogen-bond acceptors (Lipinski definition) is 3. The molecule has 1 aliphatic carbocycles. The summed E-state index contributed by atoms with van der Waals surface area (Å²) in [6.07, 6.45) is 9.30. The van der Waals surface area contributed by atoms with E-state index in [4.69, 9.17) is 0 Å². The third kappa shape index (κ3) is 5.01. The van der Waals surface area contributed by atoms with Crippen molar-refractivity contribution in [3.63, 3.8) is 0 Å². The summed E-state index contributed by atoms with van der Waals surface area (Å²) in [7, 11) is 0. The van der Waals surface area contributed by atoms with Gasteiger partial charge in [0.05, 0.1) is 5.56 Å². The fourth-order valence-electron chi connectivity index (χ4n) is 2.82. The highest BCUT2D eigenvalue weighted by atomic mass is 16.2. The van der Waals surface area contributed by atoms with Gasteiger partial charge in [-0.15, -0.1) is 0 Å². The van der Waals surface area contributed by atoms with Crippen LogP contribution in [0.3, 0.4) is 0 Å². The summed E-state index contributed by atoms with van der Waals surface area (Å²) in [5.74, 6) is -0.233. The number of aromatic nitrogens is 1. The molecule has 128 valence electrons. The highest BCUT2D eigenvalue weighted by Gasteiger charge is 2.09. The molecule has 25 heavy (non-hydrogen) atoms. The molecule has 0 atom stereocenters. The summed E-state index contributed by atoms with van der Waals surface area (Å²) in [5, 5.41) is 5.72. The van der Waals surface area contributed by atoms with Crippen LogP contribution in [0.1, 0.15) is 41.6 Å². The Morgan fingerprint density at radius 2 is 1.84 bits per heavy atom. The number of nitrogens with zero attached hydrogens (tertiary/aromatic N) is 1. The summed E-state index contributed by atoms with van der Waals surface area (Å²) in [4.78, 5) is 27.9. The minimum atomic E-state index is -0.159. The quantitative estimate of drug-likeness (QED) is 0.822. The Morgan fingerprint density at radius 3 is 2.52 bits per heavy atom. The molecule has 2 N–H and O–H groups in total. The smallest absolute Gasteiger partial charge is 0.253 e. The Hall–Kier alpha value is -2.95. The molecule has 5 heteroatoms. The van der Waals surface area contributed by atoms with Crippen LogP contribution in [-0.2, 0) is 11.3 Å². The highest BCUT2D eigenvalue weighted by Crippen LogP contribution is 2.23. The standard InChI is InChI=1S/C20H21N3O2/c24-19(12-15-4-1-2-5-15)23-18-9-7-16(8-10-18)13-22-20(25)17-6-3-11-21-14-17/h3,6-12,14H,1-2,4-5,13H2,(H,22,25)(H,23,24). The summed E-state index contributed by atoms with van der Waals surface area (Å²) >= 11 is 0. The minimum Gasteiger partial charge on any atom is -0.348 e. The Labute approximate surface area is 147 Å². The molecule has 1 fully saturated rings. The number of amides is 2. The van der Waals surface area contributed by atoms with Crippen molar-refractivity contribution >= 4 is 17.5 Å². The normalized spacial score (nSPS) is 13.4. The van der Waals surface area contributed by atoms with E-state index in [0.717, 1.165) is 24.1 Å². The summed E-state index contributed by atoms with van der Waals surface area (Å²) < 4.78 is 0. The summed E-state index contributed by atoms with van der Waals surface area (Å²) in [6, 6.07) is 10.9. The number of hydrogen-bond donors (Lipinski definition) is 2. The average Bonchev–Trinajstić information content (AvgIpc) is 3.14. The topological polar surface area (TPSA) is 71.1 Å². The first-order valence-electron chi connectivity index (χ1n) is 8.48. The van der Waals surface area contributed by atoms with E-state index in [1.165, 1.54) is 24.6 Å². The third-order valence-electron chi connectivity index (χ3n) is 4.18. The van der Waals surface area contributed by atoms with E-state index >= 15 is 0 Å². The van der Waals surface area contributed by atoms with Gasteiger partial charge in [0.25, 0.3) is 5.91 Å². The number of rotatable bonds is 5. The molecule has 0 radical (unpaired) electrons. The van der Waals surface area contributed by atoms with E-state index in [2.05, 4.69) is 15.6 Å². The van der Waals surface area contributed by atoms with Crippen LogP contribution >= 0.6 is 0 Å². The van der Waals surface area contributed by atoms with Crippen molar-refractivity contribution in [2.75, 3.05) is 5.32 Å². The van der Waals surface area contributed by atoms with Gasteiger partial charge in [-0.3, -0.25) is 14.6 Å². The van der Waals surface area contributed by atoms with Crippen LogP contribution in [-0.4, -0.2) is 16.8 Å². The molecule has 1 saturated carbocycles. The second-order valence-electron chi connectivity index (χ2n) is 6.12. The molecule has 2 aromatic rings. The van der Waals surface area contributed by atoms with Crippen LogP contribution in [0.2, 0.25) is 0 Å². The third-order valence-corrected chi connectivity index (χ3v) is 4.18. The molecule has 1 aromatic heterocycles. The number of carbonyl (C=O) groups is 2. The molecule has 0 spiro atoms. The maximum atomic E-state index is 12.0. The van der Waals surface area contributed by atoms with Crippen LogP contribution in [0.25, 0.3) is 0 Å². The number of anilines is 1. The molecule has 3 rings (SSSR count). The molecular weight excluding hydrogens is 314 g/mol. The first-order valence-corrected chi connectivity index (χ1v) is 8.48. The molecule has 0 unspecified atom stereocenters. The highest BCUT2D eigenvalue weighted by molar-refractivity contribution is 5.99. The monoisotopic (exact) mass is 335 g/mol. The number of carbonyl (C=O) groups excluding carboxylic acids is 2. The molecule has 2 amide bonds. The second-order valence-corrected chi connectivity index (χ2v) is 6.12. The van der Waals surface area contributed by atoms with Gasteiger partial charge in [-0.25, -0.2) is 0 Å². The van der Waals surface area contributed by atoms with Gasteiger partial charge < -0.3 is 10.6 Å². The van der Waals surface area contributed by atoms with Crippen LogP contribution in [0.15, 0.2) is 60.4 Å². The lowest BCUT2D eigenvalue weighted by atomic mass is 10.2. The first kappa shape index (κ1) is 16.9. The molecule has 0 saturated heterocycles. The fraction of sp³-hybridized carbons (Fsp3) is 0.250. The average molecular weight is 335 g/mol. The lowest BCUT2D eigenvalue weighted by Crippen LogP contribution is -2.22. The van der Waals surface area contributed by atoms with E-state index in [9.17, 15) is 9.59 Å². The second kappa shape index (κ2) is 8.24. The van der Waals surface area contributed by atoms with Crippen LogP contribution in [0.4, 0.5) is 5.69 Å². The first-order chi connectivity index (χ1) is 12.2. The van der Waals surface area contributed by atoms with Crippen LogP contribution in [0, 0.1) is 0 Å². The maximum absolute atomic E-state index is 12.0. The van der Waals surface area contributed by atoms with E-state index in [-0.39, 0.29) is 11.8 Å². The lowest BCUT2D eigenvalue weighted by molar-refractivity contribution is -0.112. The van der Waals surface area contributed by atoms with Crippen molar-refractivity contribution in [3.8, 4) is 0 Å². The molecule has 5 nitrogen and oxygen atoms in total. The lowest BCUT2D eigenvalue weighted by Gasteiger charge is -2.07. The van der Waals surface area contributed by atoms with E-state index < -0.39 is 0 Å². The number of pyridine rings is 1. The Morgan fingerprint density at radius 1 is 1.08 bits per heavy atom. The minimum absolute atomic E-state index is 0.0745. The molecule has 1 aromatic carbocycles. The van der Waals surface area contributed by atoms with Crippen molar-refractivity contribution in [2.45, 2.75) is 32.2 Å². The largest absolute Gasteiger partial charge is 0.348 e. The van der Waals surface area contributed by atoms with Gasteiger partial charge in [-0.2, -0.15) is 0 Å². The Bertz CT molecular complexity index is 759. The zero-order valence-corrected chi connectivity index (χ0v) is 14.0. The number of nitrogens with one attached hydrogen (secondary N) is 2. The zero-order chi connectivity index (χ0) is 17.5. The fourth-order valence-corrected chi connectivity index (χ4v) is 2.82. The number of allylic oxidation sites excluding steroid dienone is 1. The molecule has 1 heterocycles. The predicted molar refractivity (Wildman–Crippen MR) is 97.0 cm³/mol. The maximum Gasteiger partial charge on any atom is 0.253 e. The number of benzene rings is 1. The molecule has 0 aliphatic heterocycles. The van der Waals surface area contributed by atoms with Crippen molar-refractivity contribution in [1.82, 2.24) is 10.3 Å². The summed E-state index contributed by atoms with van der Waals surface area (Å²) in [6.45, 7) is 0.423. The van der Waals surface area contributed by atoms with Gasteiger partial charge >= 0.3 is 0 Å².